The van der Waals surface area contributed by atoms with Gasteiger partial charge in [0.05, 0.1) is 16.6 Å². The van der Waals surface area contributed by atoms with Crippen LogP contribution in [0, 0.1) is 5.92 Å². The lowest BCUT2D eigenvalue weighted by atomic mass is 10.0. The number of anilines is 1. The molecular weight excluding hydrogens is 466 g/mol. The molecule has 0 radical (unpaired) electrons. The Morgan fingerprint density at radius 2 is 1.83 bits per heavy atom. The number of fused-ring (bicyclic) bond motifs is 1. The molecule has 35 heavy (non-hydrogen) atoms. The molecule has 0 aromatic heterocycles. The van der Waals surface area contributed by atoms with Crippen LogP contribution in [0.5, 0.6) is 5.75 Å². The van der Waals surface area contributed by atoms with Crippen molar-refractivity contribution in [2.45, 2.75) is 44.2 Å². The van der Waals surface area contributed by atoms with E-state index in [4.69, 9.17) is 9.47 Å². The van der Waals surface area contributed by atoms with Gasteiger partial charge in [-0.15, -0.1) is 0 Å². The number of methoxy groups -OCH3 is 1. The monoisotopic (exact) mass is 503 g/mol. The van der Waals surface area contributed by atoms with E-state index in [2.05, 4.69) is 30.4 Å². The fraction of sp³-hybridized carbons (Fsp3) is 0.500. The minimum absolute atomic E-state index is 0.131. The summed E-state index contributed by atoms with van der Waals surface area (Å²) >= 11 is 0. The minimum atomic E-state index is -3.80. The Morgan fingerprint density at radius 1 is 1.11 bits per heavy atom. The molecule has 2 aromatic rings. The van der Waals surface area contributed by atoms with Crippen molar-refractivity contribution in [3.8, 4) is 5.75 Å². The summed E-state index contributed by atoms with van der Waals surface area (Å²) in [5, 5.41) is 0. The summed E-state index contributed by atoms with van der Waals surface area (Å²) in [6.07, 6.45) is 0.883. The van der Waals surface area contributed by atoms with Crippen molar-refractivity contribution in [2.24, 2.45) is 5.92 Å². The second-order valence-corrected chi connectivity index (χ2v) is 10.9. The summed E-state index contributed by atoms with van der Waals surface area (Å²) in [7, 11) is -0.397. The SMILES string of the molecule is CCCN1C[C@@H](C)[C@H](OC)CN(C)C(=O)c2cc(NS(=O)(=O)c3ccccc3)ccc2OC[C@H]1C. The van der Waals surface area contributed by atoms with Gasteiger partial charge in [0.15, 0.2) is 0 Å². The molecule has 0 aliphatic carbocycles. The van der Waals surface area contributed by atoms with E-state index in [0.717, 1.165) is 19.5 Å². The van der Waals surface area contributed by atoms with Crippen LogP contribution in [0.15, 0.2) is 53.4 Å². The summed E-state index contributed by atoms with van der Waals surface area (Å²) < 4.78 is 40.1. The van der Waals surface area contributed by atoms with E-state index in [1.54, 1.807) is 55.5 Å². The van der Waals surface area contributed by atoms with Gasteiger partial charge in [0.2, 0.25) is 0 Å². The van der Waals surface area contributed by atoms with Crippen LogP contribution >= 0.6 is 0 Å². The maximum absolute atomic E-state index is 13.5. The molecule has 8 nitrogen and oxygen atoms in total. The number of carbonyl (C=O) groups excluding carboxylic acids is 1. The standard InChI is InChI=1S/C26H37N3O5S/c1-6-14-29-16-19(2)25(33-5)17-28(4)26(30)23-15-21(12-13-24(23)34-18-20(29)3)27-35(31,32)22-10-8-7-9-11-22/h7-13,15,19-20,25,27H,6,14,16-18H2,1-5H3/t19-,20-,25-/m1/s1. The first-order chi connectivity index (χ1) is 16.7. The number of nitrogens with one attached hydrogen (secondary N) is 1. The third-order valence-corrected chi connectivity index (χ3v) is 7.79. The number of carbonyl (C=O) groups is 1. The van der Waals surface area contributed by atoms with E-state index in [1.807, 2.05) is 0 Å². The third-order valence-electron chi connectivity index (χ3n) is 6.39. The van der Waals surface area contributed by atoms with Crippen molar-refractivity contribution in [3.05, 3.63) is 54.1 Å². The van der Waals surface area contributed by atoms with E-state index in [1.165, 1.54) is 12.1 Å². The van der Waals surface area contributed by atoms with Crippen molar-refractivity contribution in [1.29, 1.82) is 0 Å². The Hall–Kier alpha value is -2.62. The molecule has 0 saturated heterocycles. The number of hydrogen-bond acceptors (Lipinski definition) is 6. The van der Waals surface area contributed by atoms with Crippen LogP contribution in [0.4, 0.5) is 5.69 Å². The minimum Gasteiger partial charge on any atom is -0.491 e. The number of benzene rings is 2. The highest BCUT2D eigenvalue weighted by Crippen LogP contribution is 2.27. The summed E-state index contributed by atoms with van der Waals surface area (Å²) in [6.45, 7) is 9.00. The average molecular weight is 504 g/mol. The average Bonchev–Trinajstić information content (AvgIpc) is 2.85. The largest absolute Gasteiger partial charge is 0.491 e. The molecule has 0 unspecified atom stereocenters. The molecule has 0 bridgehead atoms. The summed E-state index contributed by atoms with van der Waals surface area (Å²) in [5.74, 6) is 0.371. The molecule has 0 fully saturated rings. The van der Waals surface area contributed by atoms with Crippen LogP contribution < -0.4 is 9.46 Å². The lowest BCUT2D eigenvalue weighted by Gasteiger charge is -2.35. The summed E-state index contributed by atoms with van der Waals surface area (Å²) in [5.41, 5.74) is 0.598. The fourth-order valence-electron chi connectivity index (χ4n) is 4.33. The van der Waals surface area contributed by atoms with Gasteiger partial charge in [-0.25, -0.2) is 8.42 Å². The number of hydrogen-bond donors (Lipinski definition) is 1. The highest BCUT2D eigenvalue weighted by atomic mass is 32.2. The van der Waals surface area contributed by atoms with Gasteiger partial charge < -0.3 is 14.4 Å². The highest BCUT2D eigenvalue weighted by molar-refractivity contribution is 7.92. The molecule has 1 amide bonds. The van der Waals surface area contributed by atoms with Crippen molar-refractivity contribution >= 4 is 21.6 Å². The molecular formula is C26H37N3O5S. The van der Waals surface area contributed by atoms with E-state index in [9.17, 15) is 13.2 Å². The second kappa shape index (κ2) is 11.9. The quantitative estimate of drug-likeness (QED) is 0.647. The smallest absolute Gasteiger partial charge is 0.261 e. The number of ether oxygens (including phenoxy) is 2. The van der Waals surface area contributed by atoms with E-state index in [0.29, 0.717) is 30.2 Å². The zero-order valence-corrected chi connectivity index (χ0v) is 22.0. The van der Waals surface area contributed by atoms with Crippen molar-refractivity contribution in [1.82, 2.24) is 9.80 Å². The van der Waals surface area contributed by atoms with Gasteiger partial charge in [-0.2, -0.15) is 0 Å². The predicted molar refractivity (Wildman–Crippen MR) is 137 cm³/mol. The van der Waals surface area contributed by atoms with Crippen LogP contribution in [0.2, 0.25) is 0 Å². The first-order valence-electron chi connectivity index (χ1n) is 12.0. The van der Waals surface area contributed by atoms with Crippen LogP contribution in [0.25, 0.3) is 0 Å². The van der Waals surface area contributed by atoms with Crippen LogP contribution in [0.3, 0.4) is 0 Å². The Morgan fingerprint density at radius 3 is 2.49 bits per heavy atom. The lowest BCUT2D eigenvalue weighted by molar-refractivity contribution is 0.0108. The molecule has 9 heteroatoms. The Bertz CT molecular complexity index is 1090. The van der Waals surface area contributed by atoms with Gasteiger partial charge in [0.1, 0.15) is 12.4 Å². The van der Waals surface area contributed by atoms with Gasteiger partial charge in [-0.3, -0.25) is 14.4 Å². The maximum atomic E-state index is 13.5. The molecule has 2 aromatic carbocycles. The molecule has 1 heterocycles. The lowest BCUT2D eigenvalue weighted by Crippen LogP contribution is -2.46. The van der Waals surface area contributed by atoms with Gasteiger partial charge in [0.25, 0.3) is 15.9 Å². The van der Waals surface area contributed by atoms with Crippen molar-refractivity contribution in [2.75, 3.05) is 45.1 Å². The number of likely N-dealkylation sites (N-methyl/N-ethyl adjacent to an activating group) is 1. The van der Waals surface area contributed by atoms with Gasteiger partial charge in [-0.05, 0) is 56.1 Å². The molecule has 0 saturated carbocycles. The maximum Gasteiger partial charge on any atom is 0.261 e. The number of nitrogens with zero attached hydrogens (tertiary/aromatic N) is 2. The number of amides is 1. The van der Waals surface area contributed by atoms with Gasteiger partial charge >= 0.3 is 0 Å². The van der Waals surface area contributed by atoms with Crippen LogP contribution in [-0.2, 0) is 14.8 Å². The Balaban J connectivity index is 1.96. The molecule has 3 rings (SSSR count). The van der Waals surface area contributed by atoms with E-state index >= 15 is 0 Å². The van der Waals surface area contributed by atoms with Crippen molar-refractivity contribution in [3.63, 3.8) is 0 Å². The third kappa shape index (κ3) is 6.74. The van der Waals surface area contributed by atoms with Gasteiger partial charge in [0, 0.05) is 39.0 Å². The van der Waals surface area contributed by atoms with E-state index in [-0.39, 0.29) is 28.9 Å². The predicted octanol–water partition coefficient (Wildman–Crippen LogP) is 3.70. The topological polar surface area (TPSA) is 88.2 Å². The molecule has 3 atom stereocenters. The van der Waals surface area contributed by atoms with Crippen LogP contribution in [0.1, 0.15) is 37.6 Å². The molecule has 0 spiro atoms. The van der Waals surface area contributed by atoms with Gasteiger partial charge in [-0.1, -0.05) is 32.0 Å². The molecule has 1 aliphatic rings. The Labute approximate surface area is 209 Å². The zero-order chi connectivity index (χ0) is 25.6. The molecule has 1 N–H and O–H groups in total. The normalized spacial score (nSPS) is 22.5. The van der Waals surface area contributed by atoms with Crippen LogP contribution in [-0.4, -0.2) is 76.7 Å². The summed E-state index contributed by atoms with van der Waals surface area (Å²) in [6, 6.07) is 13.1. The number of rotatable bonds is 6. The van der Waals surface area contributed by atoms with Crippen molar-refractivity contribution < 1.29 is 22.7 Å². The van der Waals surface area contributed by atoms with E-state index < -0.39 is 10.0 Å². The fourth-order valence-corrected chi connectivity index (χ4v) is 5.40. The zero-order valence-electron chi connectivity index (χ0n) is 21.2. The second-order valence-electron chi connectivity index (χ2n) is 9.22. The molecule has 1 aliphatic heterocycles. The summed E-state index contributed by atoms with van der Waals surface area (Å²) in [4.78, 5) is 17.6. The first-order valence-corrected chi connectivity index (χ1v) is 13.5. The highest BCUT2D eigenvalue weighted by Gasteiger charge is 2.28. The number of sulfonamides is 1. The molecule has 192 valence electrons. The Kier molecular flexibility index (Phi) is 9.15. The first kappa shape index (κ1) is 27.0.